The van der Waals surface area contributed by atoms with E-state index in [9.17, 15) is 24.6 Å². The molecule has 0 atom stereocenters. The summed E-state index contributed by atoms with van der Waals surface area (Å²) in [6, 6.07) is 15.3. The normalized spacial score (nSPS) is 11.8. The molecule has 0 aliphatic carbocycles. The molecule has 0 aliphatic heterocycles. The van der Waals surface area contributed by atoms with E-state index in [0.717, 1.165) is 34.2 Å². The molecular weight excluding hydrogens is 458 g/mol. The molecule has 0 bridgehead atoms. The molecule has 0 fully saturated rings. The fraction of sp³-hybridized carbons (Fsp3) is 0.182. The van der Waals surface area contributed by atoms with Gasteiger partial charge in [-0.1, -0.05) is 50.3 Å². The Hall–Kier alpha value is -2.98. The molecule has 0 spiro atoms. The van der Waals surface area contributed by atoms with Gasteiger partial charge in [0.05, 0.1) is 0 Å². The van der Waals surface area contributed by atoms with Gasteiger partial charge in [-0.05, 0) is 47.0 Å². The quantitative estimate of drug-likeness (QED) is 0.414. The zero-order valence-corrected chi connectivity index (χ0v) is 19.7. The highest BCUT2D eigenvalue weighted by Crippen LogP contribution is 2.27. The second kappa shape index (κ2) is 10.1. The minimum Gasteiger partial charge on any atom is -0.378 e. The van der Waals surface area contributed by atoms with Crippen molar-refractivity contribution in [3.63, 3.8) is 0 Å². The van der Waals surface area contributed by atoms with Gasteiger partial charge in [0.25, 0.3) is 0 Å². The first-order chi connectivity index (χ1) is 14.8. The largest absolute Gasteiger partial charge is 0.378 e. The fourth-order valence-corrected chi connectivity index (χ4v) is 4.24. The van der Waals surface area contributed by atoms with E-state index in [1.807, 2.05) is 86.5 Å². The summed E-state index contributed by atoms with van der Waals surface area (Å²) in [6.45, 7) is 0. The van der Waals surface area contributed by atoms with Gasteiger partial charge in [-0.3, -0.25) is 0 Å². The van der Waals surface area contributed by atoms with Crippen LogP contribution in [0.2, 0.25) is 0 Å². The van der Waals surface area contributed by atoms with Crippen LogP contribution in [-0.2, 0) is 20.4 Å². The number of benzene rings is 2. The number of halogens is 2. The molecule has 2 aromatic rings. The molecular formula is C22H24F2N2O4S2. The van der Waals surface area contributed by atoms with Crippen molar-refractivity contribution < 1.29 is 24.6 Å². The van der Waals surface area contributed by atoms with Crippen LogP contribution in [0, 0.1) is 0 Å². The predicted octanol–water partition coefficient (Wildman–Crippen LogP) is 4.25. The third-order valence-electron chi connectivity index (χ3n) is 4.48. The lowest BCUT2D eigenvalue weighted by molar-refractivity contribution is 0.550. The van der Waals surface area contributed by atoms with Crippen LogP contribution in [-0.4, -0.2) is 45.0 Å². The average molecular weight is 483 g/mol. The van der Waals surface area contributed by atoms with E-state index in [4.69, 9.17) is 0 Å². The lowest BCUT2D eigenvalue weighted by Gasteiger charge is -2.15. The Labute approximate surface area is 188 Å². The molecule has 0 N–H and O–H groups in total. The Balaban J connectivity index is 2.53. The summed E-state index contributed by atoms with van der Waals surface area (Å²) in [6.07, 6.45) is 4.22. The minimum atomic E-state index is -5.74. The number of nitrogens with zero attached hydrogens (tertiary/aromatic N) is 2. The van der Waals surface area contributed by atoms with Crippen molar-refractivity contribution in [2.45, 2.75) is 0 Å². The maximum atomic E-state index is 13.1. The van der Waals surface area contributed by atoms with E-state index in [2.05, 4.69) is 0 Å². The van der Waals surface area contributed by atoms with Gasteiger partial charge >= 0.3 is 20.4 Å². The molecule has 0 aliphatic rings. The van der Waals surface area contributed by atoms with Gasteiger partial charge in [-0.2, -0.15) is 16.8 Å². The third kappa shape index (κ3) is 6.76. The molecule has 0 heterocycles. The smallest absolute Gasteiger partial charge is 0.345 e. The van der Waals surface area contributed by atoms with Crippen LogP contribution in [0.15, 0.2) is 77.1 Å². The minimum absolute atomic E-state index is 0.364. The third-order valence-corrected chi connectivity index (χ3v) is 6.90. The standard InChI is InChI=1S/C22H24F2N2O4S2/c1-25(2)19-13-9-17(10-14-19)21(18-11-15-20(16-12-18)26(3)4)7-5-6-8-22(31(23,27)28)32(24,29)30/h5-16H,1-4H3. The maximum absolute atomic E-state index is 13.1. The van der Waals surface area contributed by atoms with Crippen molar-refractivity contribution in [3.8, 4) is 0 Å². The number of rotatable bonds is 8. The van der Waals surface area contributed by atoms with Crippen molar-refractivity contribution in [2.24, 2.45) is 0 Å². The Morgan fingerprint density at radius 3 is 1.31 bits per heavy atom. The highest BCUT2D eigenvalue weighted by molar-refractivity contribution is 8.09. The second-order valence-corrected chi connectivity index (χ2v) is 10.1. The fourth-order valence-electron chi connectivity index (χ4n) is 2.80. The van der Waals surface area contributed by atoms with Crippen molar-refractivity contribution >= 4 is 37.4 Å². The number of allylic oxidation sites excluding steroid dienone is 4. The molecule has 32 heavy (non-hydrogen) atoms. The first kappa shape index (κ1) is 25.3. The van der Waals surface area contributed by atoms with Crippen LogP contribution in [0.25, 0.3) is 5.57 Å². The lowest BCUT2D eigenvalue weighted by Crippen LogP contribution is -2.08. The van der Waals surface area contributed by atoms with Gasteiger partial charge in [0.15, 0.2) is 0 Å². The predicted molar refractivity (Wildman–Crippen MR) is 126 cm³/mol. The summed E-state index contributed by atoms with van der Waals surface area (Å²) in [5.74, 6) is 0. The van der Waals surface area contributed by atoms with E-state index in [1.54, 1.807) is 6.08 Å². The van der Waals surface area contributed by atoms with Crippen LogP contribution in [0.1, 0.15) is 11.1 Å². The van der Waals surface area contributed by atoms with E-state index in [1.165, 1.54) is 6.08 Å². The molecule has 0 saturated heterocycles. The molecule has 10 heteroatoms. The SMILES string of the molecule is CN(C)c1ccc(C(=CC=CC=C(S(=O)(=O)F)S(=O)(=O)F)c2ccc(N(C)C)cc2)cc1. The van der Waals surface area contributed by atoms with Crippen LogP contribution in [0.4, 0.5) is 19.1 Å². The summed E-state index contributed by atoms with van der Waals surface area (Å²) in [7, 11) is -3.82. The second-order valence-electron chi connectivity index (χ2n) is 7.21. The molecule has 6 nitrogen and oxygen atoms in total. The Morgan fingerprint density at radius 1 is 0.656 bits per heavy atom. The lowest BCUT2D eigenvalue weighted by atomic mass is 9.96. The molecule has 0 saturated carbocycles. The zero-order valence-electron chi connectivity index (χ0n) is 18.0. The van der Waals surface area contributed by atoms with E-state index in [0.29, 0.717) is 6.08 Å². The Morgan fingerprint density at radius 2 is 1.00 bits per heavy atom. The summed E-state index contributed by atoms with van der Waals surface area (Å²) in [4.78, 5) is 3.89. The summed E-state index contributed by atoms with van der Waals surface area (Å²) >= 11 is 0. The monoisotopic (exact) mass is 482 g/mol. The number of hydrogen-bond acceptors (Lipinski definition) is 6. The van der Waals surface area contributed by atoms with Gasteiger partial charge < -0.3 is 9.80 Å². The van der Waals surface area contributed by atoms with E-state index in [-0.39, 0.29) is 0 Å². The van der Waals surface area contributed by atoms with Crippen molar-refractivity contribution in [3.05, 3.63) is 88.2 Å². The average Bonchev–Trinajstić information content (AvgIpc) is 2.69. The van der Waals surface area contributed by atoms with Crippen molar-refractivity contribution in [1.82, 2.24) is 0 Å². The number of hydrogen-bond donors (Lipinski definition) is 0. The molecule has 0 radical (unpaired) electrons. The summed E-state index contributed by atoms with van der Waals surface area (Å²) in [5, 5.41) is 0. The highest BCUT2D eigenvalue weighted by Gasteiger charge is 2.29. The topological polar surface area (TPSA) is 74.8 Å². The van der Waals surface area contributed by atoms with Gasteiger partial charge in [-0.25, -0.2) is 0 Å². The zero-order chi connectivity index (χ0) is 24.1. The Kier molecular flexibility index (Phi) is 7.97. The molecule has 0 amide bonds. The van der Waals surface area contributed by atoms with Crippen LogP contribution in [0.3, 0.4) is 0 Å². The molecule has 0 unspecified atom stereocenters. The van der Waals surface area contributed by atoms with Crippen LogP contribution >= 0.6 is 0 Å². The van der Waals surface area contributed by atoms with Crippen molar-refractivity contribution in [1.29, 1.82) is 0 Å². The van der Waals surface area contributed by atoms with Gasteiger partial charge in [0, 0.05) is 39.6 Å². The summed E-state index contributed by atoms with van der Waals surface area (Å²) < 4.78 is 67.9. The highest BCUT2D eigenvalue weighted by atomic mass is 32.3. The molecule has 0 aromatic heterocycles. The molecule has 2 aromatic carbocycles. The number of anilines is 2. The van der Waals surface area contributed by atoms with Crippen LogP contribution in [0.5, 0.6) is 0 Å². The van der Waals surface area contributed by atoms with Gasteiger partial charge in [-0.15, -0.1) is 0 Å². The Bertz CT molecular complexity index is 1160. The van der Waals surface area contributed by atoms with Crippen LogP contribution < -0.4 is 9.80 Å². The van der Waals surface area contributed by atoms with E-state index < -0.39 is 24.7 Å². The molecule has 172 valence electrons. The maximum Gasteiger partial charge on any atom is 0.345 e. The first-order valence-corrected chi connectivity index (χ1v) is 12.1. The van der Waals surface area contributed by atoms with Crippen molar-refractivity contribution in [2.75, 3.05) is 38.0 Å². The van der Waals surface area contributed by atoms with Gasteiger partial charge in [0.1, 0.15) is 0 Å². The summed E-state index contributed by atoms with van der Waals surface area (Å²) in [5.41, 5.74) is 4.37. The van der Waals surface area contributed by atoms with E-state index >= 15 is 0 Å². The van der Waals surface area contributed by atoms with Gasteiger partial charge in [0.2, 0.25) is 4.24 Å². The molecule has 2 rings (SSSR count). The first-order valence-electron chi connectivity index (χ1n) is 9.34.